The Balaban J connectivity index is 3.26. The smallest absolute Gasteiger partial charge is 0.230 e. The molecule has 5 N–H and O–H groups in total. The maximum absolute atomic E-state index is 9.52. The molecule has 1 aliphatic heterocycles. The summed E-state index contributed by atoms with van der Waals surface area (Å²) in [6.45, 7) is -1.17. The minimum absolute atomic E-state index is 0.0240. The van der Waals surface area contributed by atoms with E-state index in [4.69, 9.17) is 20.1 Å². The highest BCUT2D eigenvalue weighted by Crippen LogP contribution is 2.14. The van der Waals surface area contributed by atoms with Gasteiger partial charge in [0.2, 0.25) is 18.2 Å². The van der Waals surface area contributed by atoms with Crippen molar-refractivity contribution in [1.82, 2.24) is 19.7 Å². The molecule has 0 spiro atoms. The van der Waals surface area contributed by atoms with Crippen LogP contribution in [0.15, 0.2) is 9.98 Å². The van der Waals surface area contributed by atoms with E-state index in [2.05, 4.69) is 9.98 Å². The fourth-order valence-electron chi connectivity index (χ4n) is 2.06. The molecule has 0 aromatic heterocycles. The first-order chi connectivity index (χ1) is 12.1. The molecule has 1 unspecified atom stereocenters. The molecular weight excluding hydrogens is 338 g/mol. The predicted octanol–water partition coefficient (Wildman–Crippen LogP) is -3.26. The van der Waals surface area contributed by atoms with Gasteiger partial charge in [0.25, 0.3) is 0 Å². The van der Waals surface area contributed by atoms with Crippen molar-refractivity contribution in [2.75, 3.05) is 61.7 Å². The van der Waals surface area contributed by atoms with E-state index in [9.17, 15) is 15.3 Å². The number of ether oxygens (including phenoxy) is 3. The summed E-state index contributed by atoms with van der Waals surface area (Å²) in [6, 6.07) is 0. The molecule has 0 aromatic carbocycles. The number of aliphatic hydroxyl groups is 3. The molecule has 0 aromatic rings. The fourth-order valence-corrected chi connectivity index (χ4v) is 2.06. The van der Waals surface area contributed by atoms with Gasteiger partial charge in [-0.25, -0.2) is 20.7 Å². The molecule has 13 heteroatoms. The van der Waals surface area contributed by atoms with E-state index in [0.29, 0.717) is 0 Å². The van der Waals surface area contributed by atoms with Crippen LogP contribution >= 0.6 is 0 Å². The maximum atomic E-state index is 9.52. The van der Waals surface area contributed by atoms with Crippen molar-refractivity contribution in [2.24, 2.45) is 15.8 Å². The van der Waals surface area contributed by atoms with E-state index >= 15 is 0 Å². The Kier molecular flexibility index (Phi) is 9.54. The van der Waals surface area contributed by atoms with Gasteiger partial charge in [-0.3, -0.25) is 9.80 Å². The van der Waals surface area contributed by atoms with E-state index in [1.54, 1.807) is 4.90 Å². The van der Waals surface area contributed by atoms with E-state index in [-0.39, 0.29) is 32.1 Å². The predicted molar refractivity (Wildman–Crippen MR) is 87.1 cm³/mol. The van der Waals surface area contributed by atoms with Crippen LogP contribution < -0.4 is 5.84 Å². The average molecular weight is 365 g/mol. The molecule has 146 valence electrons. The summed E-state index contributed by atoms with van der Waals surface area (Å²) < 4.78 is 15.2. The lowest BCUT2D eigenvalue weighted by atomic mass is 10.5. The molecule has 0 saturated carbocycles. The lowest BCUT2D eigenvalue weighted by Gasteiger charge is -2.40. The van der Waals surface area contributed by atoms with Gasteiger partial charge in [0.15, 0.2) is 0 Å². The highest BCUT2D eigenvalue weighted by atomic mass is 16.5. The Bertz CT molecular complexity index is 442. The standard InChI is InChI=1S/C12H27N7O6/c1-23-7-17(6-22)10-14-11(16(4-20)5-21)19(13)12(15-10)18(8-24-2)9-25-3/h11,20-22H,4-9,13H2,1-3H3. The normalized spacial score (nSPS) is 17.6. The first kappa shape index (κ1) is 21.5. The topological polar surface area (TPSA) is 152 Å². The van der Waals surface area contributed by atoms with Crippen molar-refractivity contribution in [1.29, 1.82) is 0 Å². The lowest BCUT2D eigenvalue weighted by Crippen LogP contribution is -2.61. The molecule has 1 aliphatic rings. The summed E-state index contributed by atoms with van der Waals surface area (Å²) >= 11 is 0. The molecule has 0 aliphatic carbocycles. The van der Waals surface area contributed by atoms with Crippen LogP contribution in [0.1, 0.15) is 0 Å². The number of nitrogens with zero attached hydrogens (tertiary/aromatic N) is 6. The molecule has 0 saturated heterocycles. The van der Waals surface area contributed by atoms with E-state index in [0.717, 1.165) is 5.01 Å². The van der Waals surface area contributed by atoms with Crippen LogP contribution in [0.5, 0.6) is 0 Å². The summed E-state index contributed by atoms with van der Waals surface area (Å²) in [6.07, 6.45) is -0.973. The Labute approximate surface area is 146 Å². The first-order valence-corrected chi connectivity index (χ1v) is 7.31. The van der Waals surface area contributed by atoms with Crippen molar-refractivity contribution >= 4 is 11.9 Å². The number of hydrogen-bond acceptors (Lipinski definition) is 13. The molecule has 1 rings (SSSR count). The largest absolute Gasteiger partial charge is 0.381 e. The molecule has 0 radical (unpaired) electrons. The van der Waals surface area contributed by atoms with Crippen molar-refractivity contribution in [3.05, 3.63) is 0 Å². The van der Waals surface area contributed by atoms with Gasteiger partial charge in [-0.1, -0.05) is 0 Å². The van der Waals surface area contributed by atoms with Crippen LogP contribution in [0.25, 0.3) is 0 Å². The number of guanidine groups is 2. The van der Waals surface area contributed by atoms with E-state index in [1.165, 1.54) is 31.1 Å². The summed E-state index contributed by atoms with van der Waals surface area (Å²) in [5.74, 6) is 6.40. The number of hydrogen-bond donors (Lipinski definition) is 4. The summed E-state index contributed by atoms with van der Waals surface area (Å²) in [7, 11) is 4.45. The molecule has 0 bridgehead atoms. The Morgan fingerprint density at radius 3 is 1.92 bits per heavy atom. The second-order valence-corrected chi connectivity index (χ2v) is 4.94. The lowest BCUT2D eigenvalue weighted by molar-refractivity contribution is -0.0503. The highest BCUT2D eigenvalue weighted by molar-refractivity contribution is 5.96. The van der Waals surface area contributed by atoms with Gasteiger partial charge >= 0.3 is 0 Å². The first-order valence-electron chi connectivity index (χ1n) is 7.31. The van der Waals surface area contributed by atoms with Gasteiger partial charge in [0.1, 0.15) is 40.4 Å². The molecule has 1 heterocycles. The molecule has 25 heavy (non-hydrogen) atoms. The van der Waals surface area contributed by atoms with E-state index < -0.39 is 26.5 Å². The molecular formula is C12H27N7O6. The number of methoxy groups -OCH3 is 3. The number of hydrazine groups is 1. The summed E-state index contributed by atoms with van der Waals surface area (Å²) in [4.78, 5) is 12.7. The van der Waals surface area contributed by atoms with Crippen LogP contribution in [0.2, 0.25) is 0 Å². The summed E-state index contributed by atoms with van der Waals surface area (Å²) in [5, 5.41) is 29.5. The quantitative estimate of drug-likeness (QED) is 0.228. The monoisotopic (exact) mass is 365 g/mol. The second kappa shape index (κ2) is 11.1. The number of nitrogens with two attached hydrogens (primary N) is 1. The average Bonchev–Trinajstić information content (AvgIpc) is 2.62. The Morgan fingerprint density at radius 2 is 1.48 bits per heavy atom. The minimum Gasteiger partial charge on any atom is -0.381 e. The van der Waals surface area contributed by atoms with Gasteiger partial charge in [0, 0.05) is 21.3 Å². The van der Waals surface area contributed by atoms with Crippen molar-refractivity contribution in [3.8, 4) is 0 Å². The number of rotatable bonds is 10. The van der Waals surface area contributed by atoms with Crippen molar-refractivity contribution in [2.45, 2.75) is 6.29 Å². The molecule has 0 amide bonds. The summed E-state index contributed by atoms with van der Waals surface area (Å²) in [5.41, 5.74) is 0. The third kappa shape index (κ3) is 5.45. The zero-order valence-electron chi connectivity index (χ0n) is 14.6. The van der Waals surface area contributed by atoms with Gasteiger partial charge < -0.3 is 29.5 Å². The van der Waals surface area contributed by atoms with Crippen LogP contribution in [0, 0.1) is 0 Å². The molecule has 13 nitrogen and oxygen atoms in total. The van der Waals surface area contributed by atoms with Crippen LogP contribution in [0.4, 0.5) is 0 Å². The fraction of sp³-hybridized carbons (Fsp3) is 0.833. The molecule has 1 atom stereocenters. The zero-order chi connectivity index (χ0) is 18.8. The highest BCUT2D eigenvalue weighted by Gasteiger charge is 2.33. The second-order valence-electron chi connectivity index (χ2n) is 4.94. The van der Waals surface area contributed by atoms with Gasteiger partial charge in [-0.15, -0.1) is 0 Å². The van der Waals surface area contributed by atoms with E-state index in [1.807, 2.05) is 0 Å². The Morgan fingerprint density at radius 1 is 0.960 bits per heavy atom. The Hall–Kier alpha value is -1.58. The van der Waals surface area contributed by atoms with Crippen LogP contribution in [0.3, 0.4) is 0 Å². The van der Waals surface area contributed by atoms with Gasteiger partial charge in [-0.05, 0) is 0 Å². The molecule has 0 fully saturated rings. The number of aliphatic hydroxyl groups excluding tert-OH is 3. The van der Waals surface area contributed by atoms with Crippen molar-refractivity contribution < 1.29 is 29.5 Å². The SMILES string of the molecule is COCN(CO)C1=NC(N(CO)CO)N(N)C(N(COC)COC)=N1. The third-order valence-electron chi connectivity index (χ3n) is 3.19. The zero-order valence-corrected chi connectivity index (χ0v) is 14.6. The van der Waals surface area contributed by atoms with Gasteiger partial charge in [0.05, 0.1) is 0 Å². The minimum atomic E-state index is -0.973. The third-order valence-corrected chi connectivity index (χ3v) is 3.19. The van der Waals surface area contributed by atoms with Crippen LogP contribution in [-0.2, 0) is 14.2 Å². The maximum Gasteiger partial charge on any atom is 0.230 e. The number of aliphatic imine (C=N–C) groups is 2. The van der Waals surface area contributed by atoms with Gasteiger partial charge in [-0.2, -0.15) is 4.99 Å². The van der Waals surface area contributed by atoms with Crippen molar-refractivity contribution in [3.63, 3.8) is 0 Å². The van der Waals surface area contributed by atoms with Crippen LogP contribution in [-0.4, -0.2) is 115 Å².